The molecular weight excluding hydrogens is 289 g/mol. The third-order valence-electron chi connectivity index (χ3n) is 3.28. The fourth-order valence-electron chi connectivity index (χ4n) is 1.95. The second kappa shape index (κ2) is 5.77. The fraction of sp³-hybridized carbons (Fsp3) is 0.538. The van der Waals surface area contributed by atoms with Crippen molar-refractivity contribution in [2.24, 2.45) is 5.92 Å². The maximum atomic E-state index is 13.8. The highest BCUT2D eigenvalue weighted by molar-refractivity contribution is 7.89. The second-order valence-electron chi connectivity index (χ2n) is 4.80. The molecule has 1 aliphatic rings. The third kappa shape index (κ3) is 3.27. The van der Waals surface area contributed by atoms with E-state index in [1.165, 1.54) is 16.4 Å². The van der Waals surface area contributed by atoms with Crippen LogP contribution in [0.25, 0.3) is 0 Å². The van der Waals surface area contributed by atoms with Crippen molar-refractivity contribution in [2.45, 2.75) is 30.5 Å². The maximum Gasteiger partial charge on any atom is 0.245 e. The van der Waals surface area contributed by atoms with E-state index < -0.39 is 15.8 Å². The number of benzene rings is 1. The predicted octanol–water partition coefficient (Wildman–Crippen LogP) is 2.99. The van der Waals surface area contributed by atoms with E-state index in [0.717, 1.165) is 18.9 Å². The van der Waals surface area contributed by atoms with Crippen molar-refractivity contribution < 1.29 is 12.8 Å². The molecule has 0 atom stereocenters. The average Bonchev–Trinajstić information content (AvgIpc) is 3.20. The van der Waals surface area contributed by atoms with Crippen LogP contribution in [0.3, 0.4) is 0 Å². The maximum absolute atomic E-state index is 13.8. The Morgan fingerprint density at radius 1 is 1.42 bits per heavy atom. The van der Waals surface area contributed by atoms with E-state index >= 15 is 0 Å². The van der Waals surface area contributed by atoms with Crippen LogP contribution in [0.5, 0.6) is 0 Å². The molecular formula is C13H17ClFNO2S. The molecule has 1 fully saturated rings. The Kier molecular flexibility index (Phi) is 4.48. The Bertz CT molecular complexity index is 558. The van der Waals surface area contributed by atoms with Crippen molar-refractivity contribution in [1.29, 1.82) is 0 Å². The van der Waals surface area contributed by atoms with Gasteiger partial charge in [0.2, 0.25) is 10.0 Å². The highest BCUT2D eigenvalue weighted by Gasteiger charge is 2.32. The monoisotopic (exact) mass is 305 g/mol. The topological polar surface area (TPSA) is 37.4 Å². The van der Waals surface area contributed by atoms with Crippen LogP contribution < -0.4 is 0 Å². The molecule has 0 heterocycles. The highest BCUT2D eigenvalue weighted by atomic mass is 35.5. The molecule has 0 radical (unpaired) electrons. The minimum Gasteiger partial charge on any atom is -0.207 e. The Balaban J connectivity index is 2.35. The lowest BCUT2D eigenvalue weighted by molar-refractivity contribution is 0.408. The van der Waals surface area contributed by atoms with E-state index in [4.69, 9.17) is 11.6 Å². The Morgan fingerprint density at radius 3 is 2.63 bits per heavy atom. The normalized spacial score (nSPS) is 16.0. The van der Waals surface area contributed by atoms with Gasteiger partial charge in [0.1, 0.15) is 10.7 Å². The third-order valence-corrected chi connectivity index (χ3v) is 5.54. The van der Waals surface area contributed by atoms with Crippen LogP contribution in [0.2, 0.25) is 0 Å². The quantitative estimate of drug-likeness (QED) is 0.758. The van der Waals surface area contributed by atoms with Crippen molar-refractivity contribution in [3.8, 4) is 0 Å². The fourth-order valence-corrected chi connectivity index (χ4v) is 3.76. The Hall–Kier alpha value is -0.650. The number of nitrogens with zero attached hydrogens (tertiary/aromatic N) is 1. The molecule has 0 unspecified atom stereocenters. The molecule has 6 heteroatoms. The predicted molar refractivity (Wildman–Crippen MR) is 73.1 cm³/mol. The molecule has 0 amide bonds. The summed E-state index contributed by atoms with van der Waals surface area (Å²) in [6.07, 6.45) is 2.10. The largest absolute Gasteiger partial charge is 0.245 e. The summed E-state index contributed by atoms with van der Waals surface area (Å²) in [5.41, 5.74) is 0.601. The summed E-state index contributed by atoms with van der Waals surface area (Å²) < 4.78 is 40.1. The molecule has 1 aromatic rings. The van der Waals surface area contributed by atoms with Crippen molar-refractivity contribution in [3.63, 3.8) is 0 Å². The molecule has 0 aliphatic heterocycles. The van der Waals surface area contributed by atoms with Gasteiger partial charge < -0.3 is 0 Å². The molecule has 0 bridgehead atoms. The lowest BCUT2D eigenvalue weighted by Crippen LogP contribution is -2.33. The molecule has 19 heavy (non-hydrogen) atoms. The van der Waals surface area contributed by atoms with Gasteiger partial charge in [0.05, 0.1) is 0 Å². The first-order chi connectivity index (χ1) is 8.98. The van der Waals surface area contributed by atoms with Crippen LogP contribution in [0.4, 0.5) is 4.39 Å². The van der Waals surface area contributed by atoms with Gasteiger partial charge in [0.25, 0.3) is 0 Å². The summed E-state index contributed by atoms with van der Waals surface area (Å²) in [6.45, 7) is 2.59. The zero-order chi connectivity index (χ0) is 14.0. The zero-order valence-corrected chi connectivity index (χ0v) is 12.3. The summed E-state index contributed by atoms with van der Waals surface area (Å²) in [5.74, 6) is -0.130. The number of alkyl halides is 1. The van der Waals surface area contributed by atoms with Gasteiger partial charge in [-0.1, -0.05) is 13.0 Å². The minimum absolute atomic E-state index is 0.164. The summed E-state index contributed by atoms with van der Waals surface area (Å²) in [4.78, 5) is -0.270. The van der Waals surface area contributed by atoms with Crippen LogP contribution in [0, 0.1) is 11.7 Å². The van der Waals surface area contributed by atoms with Crippen LogP contribution in [-0.4, -0.2) is 25.8 Å². The molecule has 0 N–H and O–H groups in total. The van der Waals surface area contributed by atoms with E-state index in [9.17, 15) is 12.8 Å². The van der Waals surface area contributed by atoms with Crippen molar-refractivity contribution in [3.05, 3.63) is 29.6 Å². The van der Waals surface area contributed by atoms with Crippen LogP contribution in [-0.2, 0) is 15.9 Å². The first-order valence-corrected chi connectivity index (χ1v) is 8.31. The van der Waals surface area contributed by atoms with E-state index in [-0.39, 0.29) is 10.8 Å². The summed E-state index contributed by atoms with van der Waals surface area (Å²) in [6, 6.07) is 3.99. The lowest BCUT2D eigenvalue weighted by Gasteiger charge is -2.20. The van der Waals surface area contributed by atoms with E-state index in [1.54, 1.807) is 6.92 Å². The van der Waals surface area contributed by atoms with Gasteiger partial charge in [-0.15, -0.1) is 11.6 Å². The van der Waals surface area contributed by atoms with Crippen LogP contribution in [0.1, 0.15) is 25.3 Å². The SMILES string of the molecule is CCN(CC1CC1)S(=O)(=O)c1cc(CCl)ccc1F. The average molecular weight is 306 g/mol. The van der Waals surface area contributed by atoms with Gasteiger partial charge >= 0.3 is 0 Å². The number of sulfonamides is 1. The van der Waals surface area contributed by atoms with Crippen LogP contribution in [0.15, 0.2) is 23.1 Å². The van der Waals surface area contributed by atoms with Gasteiger partial charge in [0, 0.05) is 19.0 Å². The second-order valence-corrected chi connectivity index (χ2v) is 6.97. The van der Waals surface area contributed by atoms with Crippen LogP contribution >= 0.6 is 11.6 Å². The molecule has 0 spiro atoms. The molecule has 1 saturated carbocycles. The molecule has 1 aliphatic carbocycles. The number of hydrogen-bond acceptors (Lipinski definition) is 2. The number of hydrogen-bond donors (Lipinski definition) is 0. The molecule has 0 saturated heterocycles. The van der Waals surface area contributed by atoms with Crippen molar-refractivity contribution in [2.75, 3.05) is 13.1 Å². The Morgan fingerprint density at radius 2 is 2.11 bits per heavy atom. The van der Waals surface area contributed by atoms with Gasteiger partial charge in [-0.2, -0.15) is 4.31 Å². The lowest BCUT2D eigenvalue weighted by atomic mass is 10.2. The summed E-state index contributed by atoms with van der Waals surface area (Å²) in [5, 5.41) is 0. The molecule has 2 rings (SSSR count). The van der Waals surface area contributed by atoms with E-state index in [2.05, 4.69) is 0 Å². The van der Waals surface area contributed by atoms with E-state index in [0.29, 0.717) is 24.6 Å². The molecule has 106 valence electrons. The Labute approximate surface area is 118 Å². The number of halogens is 2. The van der Waals surface area contributed by atoms with Gasteiger partial charge in [-0.05, 0) is 36.5 Å². The van der Waals surface area contributed by atoms with Crippen molar-refractivity contribution >= 4 is 21.6 Å². The standard InChI is InChI=1S/C13H17ClFNO2S/c1-2-16(9-10-3-4-10)19(17,18)13-7-11(8-14)5-6-12(13)15/h5-7,10H,2-4,8-9H2,1H3. The van der Waals surface area contributed by atoms with E-state index in [1.807, 2.05) is 0 Å². The van der Waals surface area contributed by atoms with Gasteiger partial charge in [-0.25, -0.2) is 12.8 Å². The first-order valence-electron chi connectivity index (χ1n) is 6.33. The van der Waals surface area contributed by atoms with Crippen molar-refractivity contribution in [1.82, 2.24) is 4.31 Å². The van der Waals surface area contributed by atoms with Gasteiger partial charge in [-0.3, -0.25) is 0 Å². The highest BCUT2D eigenvalue weighted by Crippen LogP contribution is 2.32. The molecule has 0 aromatic heterocycles. The minimum atomic E-state index is -3.77. The first kappa shape index (κ1) is 14.8. The summed E-state index contributed by atoms with van der Waals surface area (Å²) >= 11 is 5.68. The zero-order valence-electron chi connectivity index (χ0n) is 10.8. The smallest absolute Gasteiger partial charge is 0.207 e. The molecule has 1 aromatic carbocycles. The van der Waals surface area contributed by atoms with Gasteiger partial charge in [0.15, 0.2) is 0 Å². The summed E-state index contributed by atoms with van der Waals surface area (Å²) in [7, 11) is -3.77. The number of rotatable bonds is 6. The molecule has 3 nitrogen and oxygen atoms in total.